The minimum Gasteiger partial charge on any atom is -0.378 e. The molecule has 8 nitrogen and oxygen atoms in total. The van der Waals surface area contributed by atoms with Crippen molar-refractivity contribution in [3.63, 3.8) is 0 Å². The summed E-state index contributed by atoms with van der Waals surface area (Å²) in [5.41, 5.74) is 0.580. The monoisotopic (exact) mass is 325 g/mol. The standard InChI is InChI=1S/C13H19N5O3S/c1-17-4-3-14-12(17)8-18-5-6-21-9-10(18)13-11(7-15-16-13)22(2,19)20/h3-4,7,10H,5-6,8-9H2,1-2H3,(H,15,16). The van der Waals surface area contributed by atoms with Gasteiger partial charge in [-0.05, 0) is 0 Å². The summed E-state index contributed by atoms with van der Waals surface area (Å²) in [6.07, 6.45) is 6.19. The van der Waals surface area contributed by atoms with Gasteiger partial charge in [-0.1, -0.05) is 0 Å². The Morgan fingerprint density at radius 2 is 2.32 bits per heavy atom. The maximum absolute atomic E-state index is 11.9. The van der Waals surface area contributed by atoms with Gasteiger partial charge in [0.25, 0.3) is 0 Å². The number of nitrogens with zero attached hydrogens (tertiary/aromatic N) is 4. The summed E-state index contributed by atoms with van der Waals surface area (Å²) in [6, 6.07) is -0.183. The first kappa shape index (κ1) is 15.2. The number of H-pyrrole nitrogens is 1. The van der Waals surface area contributed by atoms with Crippen molar-refractivity contribution in [3.05, 3.63) is 30.1 Å². The van der Waals surface area contributed by atoms with E-state index in [1.165, 1.54) is 12.5 Å². The Hall–Kier alpha value is -1.71. The molecule has 120 valence electrons. The van der Waals surface area contributed by atoms with Gasteiger partial charge in [-0.25, -0.2) is 13.4 Å². The summed E-state index contributed by atoms with van der Waals surface area (Å²) in [7, 11) is -1.39. The van der Waals surface area contributed by atoms with Gasteiger partial charge in [0.1, 0.15) is 10.7 Å². The normalized spacial score (nSPS) is 20.4. The largest absolute Gasteiger partial charge is 0.378 e. The van der Waals surface area contributed by atoms with E-state index in [0.717, 1.165) is 5.82 Å². The van der Waals surface area contributed by atoms with Crippen LogP contribution in [0.5, 0.6) is 0 Å². The van der Waals surface area contributed by atoms with Crippen LogP contribution in [0.2, 0.25) is 0 Å². The zero-order valence-electron chi connectivity index (χ0n) is 12.6. The molecular formula is C13H19N5O3S. The number of sulfone groups is 1. The van der Waals surface area contributed by atoms with E-state index in [2.05, 4.69) is 20.1 Å². The number of morpholine rings is 1. The Morgan fingerprint density at radius 3 is 3.00 bits per heavy atom. The number of nitrogens with one attached hydrogen (secondary N) is 1. The van der Waals surface area contributed by atoms with Crippen LogP contribution < -0.4 is 0 Å². The Bertz CT molecular complexity index is 751. The highest BCUT2D eigenvalue weighted by Gasteiger charge is 2.31. The van der Waals surface area contributed by atoms with Crippen molar-refractivity contribution in [1.29, 1.82) is 0 Å². The predicted molar refractivity (Wildman–Crippen MR) is 78.9 cm³/mol. The van der Waals surface area contributed by atoms with Crippen molar-refractivity contribution in [2.75, 3.05) is 26.0 Å². The molecule has 1 fully saturated rings. The molecule has 0 amide bonds. The summed E-state index contributed by atoms with van der Waals surface area (Å²) in [5.74, 6) is 0.923. The van der Waals surface area contributed by atoms with Gasteiger partial charge < -0.3 is 9.30 Å². The second-order valence-corrected chi connectivity index (χ2v) is 7.42. The topological polar surface area (TPSA) is 93.1 Å². The number of hydrogen-bond acceptors (Lipinski definition) is 6. The lowest BCUT2D eigenvalue weighted by molar-refractivity contribution is -0.0166. The number of aromatic nitrogens is 4. The summed E-state index contributed by atoms with van der Waals surface area (Å²) in [6.45, 7) is 2.37. The number of rotatable bonds is 4. The minimum absolute atomic E-state index is 0.183. The van der Waals surface area contributed by atoms with E-state index in [1.54, 1.807) is 6.20 Å². The third-order valence-corrected chi connectivity index (χ3v) is 4.99. The van der Waals surface area contributed by atoms with Crippen molar-refractivity contribution in [3.8, 4) is 0 Å². The molecule has 1 aliphatic heterocycles. The van der Waals surface area contributed by atoms with E-state index in [4.69, 9.17) is 4.74 Å². The third-order valence-electron chi connectivity index (χ3n) is 3.87. The maximum atomic E-state index is 11.9. The molecule has 2 aromatic heterocycles. The molecule has 0 radical (unpaired) electrons. The average molecular weight is 325 g/mol. The van der Waals surface area contributed by atoms with Gasteiger partial charge in [-0.2, -0.15) is 5.10 Å². The predicted octanol–water partition coefficient (Wildman–Crippen LogP) is 0.120. The molecule has 1 unspecified atom stereocenters. The van der Waals surface area contributed by atoms with Crippen molar-refractivity contribution in [2.45, 2.75) is 17.5 Å². The number of aryl methyl sites for hydroxylation is 1. The molecule has 0 bridgehead atoms. The van der Waals surface area contributed by atoms with E-state index < -0.39 is 9.84 Å². The van der Waals surface area contributed by atoms with Crippen molar-refractivity contribution < 1.29 is 13.2 Å². The van der Waals surface area contributed by atoms with Gasteiger partial charge in [0, 0.05) is 32.2 Å². The third kappa shape index (κ3) is 2.92. The van der Waals surface area contributed by atoms with E-state index in [-0.39, 0.29) is 10.9 Å². The Kier molecular flexibility index (Phi) is 4.02. The molecule has 0 saturated carbocycles. The van der Waals surface area contributed by atoms with Crippen LogP contribution >= 0.6 is 0 Å². The highest BCUT2D eigenvalue weighted by Crippen LogP contribution is 2.28. The summed E-state index contributed by atoms with van der Waals surface area (Å²) >= 11 is 0. The van der Waals surface area contributed by atoms with Crippen molar-refractivity contribution in [2.24, 2.45) is 7.05 Å². The van der Waals surface area contributed by atoms with E-state index in [0.29, 0.717) is 32.0 Å². The van der Waals surface area contributed by atoms with Crippen molar-refractivity contribution >= 4 is 9.84 Å². The van der Waals surface area contributed by atoms with E-state index in [1.807, 2.05) is 17.8 Å². The zero-order valence-corrected chi connectivity index (χ0v) is 13.4. The van der Waals surface area contributed by atoms with Gasteiger partial charge in [0.15, 0.2) is 9.84 Å². The van der Waals surface area contributed by atoms with Crippen molar-refractivity contribution in [1.82, 2.24) is 24.6 Å². The summed E-state index contributed by atoms with van der Waals surface area (Å²) < 4.78 is 31.3. The second-order valence-electron chi connectivity index (χ2n) is 5.44. The Labute approximate surface area is 129 Å². The van der Waals surface area contributed by atoms with Crippen LogP contribution in [0.25, 0.3) is 0 Å². The average Bonchev–Trinajstić information content (AvgIpc) is 3.09. The second kappa shape index (κ2) is 5.82. The molecule has 1 atom stereocenters. The van der Waals surface area contributed by atoms with Crippen LogP contribution in [0.4, 0.5) is 0 Å². The van der Waals surface area contributed by atoms with Crippen LogP contribution in [0, 0.1) is 0 Å². The molecule has 1 saturated heterocycles. The van der Waals surface area contributed by atoms with Crippen LogP contribution in [-0.4, -0.2) is 59.1 Å². The molecule has 0 aromatic carbocycles. The quantitative estimate of drug-likeness (QED) is 0.858. The highest BCUT2D eigenvalue weighted by molar-refractivity contribution is 7.90. The smallest absolute Gasteiger partial charge is 0.178 e. The van der Waals surface area contributed by atoms with Crippen LogP contribution in [-0.2, 0) is 28.2 Å². The number of hydrogen-bond donors (Lipinski definition) is 1. The number of aromatic amines is 1. The molecule has 22 heavy (non-hydrogen) atoms. The molecule has 2 aromatic rings. The lowest BCUT2D eigenvalue weighted by Crippen LogP contribution is -2.40. The van der Waals surface area contributed by atoms with Crippen LogP contribution in [0.3, 0.4) is 0 Å². The molecule has 9 heteroatoms. The van der Waals surface area contributed by atoms with Gasteiger partial charge in [-0.3, -0.25) is 10.00 Å². The molecule has 0 aliphatic carbocycles. The van der Waals surface area contributed by atoms with E-state index in [9.17, 15) is 8.42 Å². The maximum Gasteiger partial charge on any atom is 0.178 e. The number of imidazole rings is 1. The van der Waals surface area contributed by atoms with Gasteiger partial charge in [-0.15, -0.1) is 0 Å². The molecule has 1 aliphatic rings. The Balaban J connectivity index is 1.90. The first-order valence-electron chi connectivity index (χ1n) is 6.98. The first-order chi connectivity index (χ1) is 10.5. The van der Waals surface area contributed by atoms with Gasteiger partial charge >= 0.3 is 0 Å². The van der Waals surface area contributed by atoms with Crippen LogP contribution in [0.1, 0.15) is 17.6 Å². The zero-order chi connectivity index (χ0) is 15.7. The van der Waals surface area contributed by atoms with Gasteiger partial charge in [0.2, 0.25) is 0 Å². The number of ether oxygens (including phenoxy) is 1. The molecule has 3 rings (SSSR count). The van der Waals surface area contributed by atoms with E-state index >= 15 is 0 Å². The fourth-order valence-corrected chi connectivity index (χ4v) is 3.47. The molecule has 0 spiro atoms. The van der Waals surface area contributed by atoms with Crippen LogP contribution in [0.15, 0.2) is 23.5 Å². The lowest BCUT2D eigenvalue weighted by atomic mass is 10.1. The fourth-order valence-electron chi connectivity index (χ4n) is 2.64. The summed E-state index contributed by atoms with van der Waals surface area (Å²) in [4.78, 5) is 6.72. The van der Waals surface area contributed by atoms with Gasteiger partial charge in [0.05, 0.1) is 37.7 Å². The first-order valence-corrected chi connectivity index (χ1v) is 8.87. The molecule has 1 N–H and O–H groups in total. The highest BCUT2D eigenvalue weighted by atomic mass is 32.2. The SMILES string of the molecule is Cn1ccnc1CN1CCOCC1c1[nH]ncc1S(C)(=O)=O. The minimum atomic E-state index is -3.33. The fraction of sp³-hybridized carbons (Fsp3) is 0.538. The summed E-state index contributed by atoms with van der Waals surface area (Å²) in [5, 5.41) is 6.73. The lowest BCUT2D eigenvalue weighted by Gasteiger charge is -2.34. The Morgan fingerprint density at radius 1 is 1.50 bits per heavy atom. The molecular weight excluding hydrogens is 306 g/mol. The molecule has 3 heterocycles.